The lowest BCUT2D eigenvalue weighted by atomic mass is 10.1. The van der Waals surface area contributed by atoms with Gasteiger partial charge in [-0.15, -0.1) is 0 Å². The van der Waals surface area contributed by atoms with Crippen LogP contribution in [-0.2, 0) is 6.61 Å². The average molecular weight is 321 g/mol. The Balaban J connectivity index is 1.86. The lowest BCUT2D eigenvalue weighted by Crippen LogP contribution is -2.11. The van der Waals surface area contributed by atoms with Crippen LogP contribution in [0.25, 0.3) is 10.8 Å². The third kappa shape index (κ3) is 3.33. The lowest BCUT2D eigenvalue weighted by Gasteiger charge is -2.14. The summed E-state index contributed by atoms with van der Waals surface area (Å²) in [5.41, 5.74) is 6.81. The maximum atomic E-state index is 11.3. The summed E-state index contributed by atoms with van der Waals surface area (Å²) in [4.78, 5) is 11.3. The standard InChI is InChI=1S/C20H19NO3/c1-2-23-19-12-15(20(21)22)10-11-18(19)24-13-16-8-5-7-14-6-3-4-9-17(14)16/h3-12H,2,13H2,1H3,(H2,21,22). The summed E-state index contributed by atoms with van der Waals surface area (Å²) < 4.78 is 11.5. The Hall–Kier alpha value is -3.01. The summed E-state index contributed by atoms with van der Waals surface area (Å²) in [7, 11) is 0. The summed E-state index contributed by atoms with van der Waals surface area (Å²) in [6.45, 7) is 2.77. The molecule has 0 saturated carbocycles. The van der Waals surface area contributed by atoms with Crippen molar-refractivity contribution in [1.29, 1.82) is 0 Å². The SMILES string of the molecule is CCOc1cc(C(N)=O)ccc1OCc1cccc2ccccc12. The fraction of sp³-hybridized carbons (Fsp3) is 0.150. The zero-order valence-electron chi connectivity index (χ0n) is 13.5. The van der Waals surface area contributed by atoms with Crippen LogP contribution < -0.4 is 15.2 Å². The van der Waals surface area contributed by atoms with Gasteiger partial charge in [-0.3, -0.25) is 4.79 Å². The predicted octanol–water partition coefficient (Wildman–Crippen LogP) is 3.92. The Bertz CT molecular complexity index is 868. The van der Waals surface area contributed by atoms with Gasteiger partial charge in [-0.25, -0.2) is 0 Å². The number of hydrogen-bond donors (Lipinski definition) is 1. The second-order valence-corrected chi connectivity index (χ2v) is 5.39. The van der Waals surface area contributed by atoms with Crippen LogP contribution in [0.2, 0.25) is 0 Å². The molecule has 1 amide bonds. The summed E-state index contributed by atoms with van der Waals surface area (Å²) in [6, 6.07) is 19.3. The molecule has 0 aliphatic carbocycles. The average Bonchev–Trinajstić information content (AvgIpc) is 2.60. The first kappa shape index (κ1) is 15.9. The molecule has 4 heteroatoms. The zero-order valence-corrected chi connectivity index (χ0v) is 13.5. The molecule has 0 saturated heterocycles. The molecule has 2 N–H and O–H groups in total. The summed E-state index contributed by atoms with van der Waals surface area (Å²) in [5.74, 6) is 0.625. The third-order valence-electron chi connectivity index (χ3n) is 3.79. The Morgan fingerprint density at radius 2 is 1.75 bits per heavy atom. The van der Waals surface area contributed by atoms with Crippen molar-refractivity contribution < 1.29 is 14.3 Å². The van der Waals surface area contributed by atoms with Gasteiger partial charge < -0.3 is 15.2 Å². The molecule has 122 valence electrons. The van der Waals surface area contributed by atoms with Crippen LogP contribution in [0.5, 0.6) is 11.5 Å². The van der Waals surface area contributed by atoms with E-state index < -0.39 is 5.91 Å². The number of carbonyl (C=O) groups is 1. The first-order valence-corrected chi connectivity index (χ1v) is 7.85. The maximum absolute atomic E-state index is 11.3. The molecule has 0 atom stereocenters. The number of fused-ring (bicyclic) bond motifs is 1. The van der Waals surface area contributed by atoms with E-state index >= 15 is 0 Å². The van der Waals surface area contributed by atoms with Crippen molar-refractivity contribution in [3.8, 4) is 11.5 Å². The van der Waals surface area contributed by atoms with Gasteiger partial charge in [0.2, 0.25) is 5.91 Å². The van der Waals surface area contributed by atoms with Crippen molar-refractivity contribution in [2.75, 3.05) is 6.61 Å². The molecule has 0 spiro atoms. The van der Waals surface area contributed by atoms with Crippen molar-refractivity contribution >= 4 is 16.7 Å². The Labute approximate surface area is 140 Å². The van der Waals surface area contributed by atoms with Crippen LogP contribution in [0.15, 0.2) is 60.7 Å². The molecule has 0 bridgehead atoms. The zero-order chi connectivity index (χ0) is 16.9. The van der Waals surface area contributed by atoms with Gasteiger partial charge in [-0.2, -0.15) is 0 Å². The second kappa shape index (κ2) is 7.04. The topological polar surface area (TPSA) is 61.5 Å². The van der Waals surface area contributed by atoms with Crippen LogP contribution in [0.4, 0.5) is 0 Å². The van der Waals surface area contributed by atoms with Crippen LogP contribution in [0.3, 0.4) is 0 Å². The van der Waals surface area contributed by atoms with Gasteiger partial charge in [-0.1, -0.05) is 42.5 Å². The van der Waals surface area contributed by atoms with E-state index in [9.17, 15) is 4.79 Å². The van der Waals surface area contributed by atoms with Crippen molar-refractivity contribution in [3.05, 3.63) is 71.8 Å². The smallest absolute Gasteiger partial charge is 0.248 e. The molecular formula is C20H19NO3. The molecule has 4 nitrogen and oxygen atoms in total. The number of benzene rings is 3. The number of nitrogens with two attached hydrogens (primary N) is 1. The number of amides is 1. The molecule has 24 heavy (non-hydrogen) atoms. The van der Waals surface area contributed by atoms with Crippen molar-refractivity contribution in [1.82, 2.24) is 0 Å². The first-order chi connectivity index (χ1) is 11.7. The van der Waals surface area contributed by atoms with E-state index in [2.05, 4.69) is 18.2 Å². The van der Waals surface area contributed by atoms with E-state index in [1.807, 2.05) is 31.2 Å². The molecule has 0 aromatic heterocycles. The Kier molecular flexibility index (Phi) is 4.66. The first-order valence-electron chi connectivity index (χ1n) is 7.85. The monoisotopic (exact) mass is 321 g/mol. The molecule has 0 aliphatic rings. The van der Waals surface area contributed by atoms with E-state index in [-0.39, 0.29) is 0 Å². The van der Waals surface area contributed by atoms with Crippen molar-refractivity contribution in [2.45, 2.75) is 13.5 Å². The van der Waals surface area contributed by atoms with Crippen molar-refractivity contribution in [3.63, 3.8) is 0 Å². The highest BCUT2D eigenvalue weighted by molar-refractivity contribution is 5.93. The molecule has 3 aromatic rings. The van der Waals surface area contributed by atoms with E-state index in [4.69, 9.17) is 15.2 Å². The normalized spacial score (nSPS) is 10.5. The summed E-state index contributed by atoms with van der Waals surface area (Å²) in [5, 5.41) is 2.33. The van der Waals surface area contributed by atoms with Gasteiger partial charge >= 0.3 is 0 Å². The van der Waals surface area contributed by atoms with Crippen LogP contribution >= 0.6 is 0 Å². The molecule has 0 heterocycles. The quantitative estimate of drug-likeness (QED) is 0.748. The van der Waals surface area contributed by atoms with Crippen LogP contribution in [-0.4, -0.2) is 12.5 Å². The Morgan fingerprint density at radius 3 is 2.54 bits per heavy atom. The molecule has 0 fully saturated rings. The van der Waals surface area contributed by atoms with E-state index in [1.54, 1.807) is 18.2 Å². The van der Waals surface area contributed by atoms with E-state index in [0.29, 0.717) is 30.3 Å². The van der Waals surface area contributed by atoms with Crippen LogP contribution in [0, 0.1) is 0 Å². The van der Waals surface area contributed by atoms with E-state index in [0.717, 1.165) is 10.9 Å². The van der Waals surface area contributed by atoms with Gasteiger partial charge in [0.25, 0.3) is 0 Å². The fourth-order valence-corrected chi connectivity index (χ4v) is 2.62. The number of hydrogen-bond acceptors (Lipinski definition) is 3. The maximum Gasteiger partial charge on any atom is 0.248 e. The van der Waals surface area contributed by atoms with Gasteiger partial charge in [0.05, 0.1) is 6.61 Å². The molecule has 0 aliphatic heterocycles. The molecule has 3 aromatic carbocycles. The minimum absolute atomic E-state index is 0.399. The molecule has 0 unspecified atom stereocenters. The predicted molar refractivity (Wildman–Crippen MR) is 94.4 cm³/mol. The highest BCUT2D eigenvalue weighted by Gasteiger charge is 2.10. The number of rotatable bonds is 6. The van der Waals surface area contributed by atoms with Gasteiger partial charge in [0.15, 0.2) is 11.5 Å². The van der Waals surface area contributed by atoms with Gasteiger partial charge in [0.1, 0.15) is 6.61 Å². The molecule has 0 radical (unpaired) electrons. The van der Waals surface area contributed by atoms with Crippen molar-refractivity contribution in [2.24, 2.45) is 5.73 Å². The lowest BCUT2D eigenvalue weighted by molar-refractivity contribution is 0.0999. The van der Waals surface area contributed by atoms with E-state index in [1.165, 1.54) is 5.39 Å². The summed E-state index contributed by atoms with van der Waals surface area (Å²) >= 11 is 0. The number of carbonyl (C=O) groups excluding carboxylic acids is 1. The Morgan fingerprint density at radius 1 is 0.958 bits per heavy atom. The number of primary amides is 1. The fourth-order valence-electron chi connectivity index (χ4n) is 2.62. The third-order valence-corrected chi connectivity index (χ3v) is 3.79. The second-order valence-electron chi connectivity index (χ2n) is 5.39. The molecule has 3 rings (SSSR count). The highest BCUT2D eigenvalue weighted by atomic mass is 16.5. The summed E-state index contributed by atoms with van der Waals surface area (Å²) in [6.07, 6.45) is 0. The minimum Gasteiger partial charge on any atom is -0.490 e. The van der Waals surface area contributed by atoms with Gasteiger partial charge in [0, 0.05) is 5.56 Å². The largest absolute Gasteiger partial charge is 0.490 e. The minimum atomic E-state index is -0.489. The van der Waals surface area contributed by atoms with Crippen LogP contribution in [0.1, 0.15) is 22.8 Å². The van der Waals surface area contributed by atoms with Gasteiger partial charge in [-0.05, 0) is 41.5 Å². The highest BCUT2D eigenvalue weighted by Crippen LogP contribution is 2.30. The molecular weight excluding hydrogens is 302 g/mol. The number of ether oxygens (including phenoxy) is 2.